The van der Waals surface area contributed by atoms with Crippen LogP contribution >= 0.6 is 0 Å². The molecular weight excluding hydrogens is 194 g/mol. The van der Waals surface area contributed by atoms with Crippen molar-refractivity contribution < 1.29 is 9.59 Å². The van der Waals surface area contributed by atoms with E-state index < -0.39 is 6.04 Å². The van der Waals surface area contributed by atoms with Crippen LogP contribution in [0.4, 0.5) is 0 Å². The Morgan fingerprint density at radius 1 is 1.40 bits per heavy atom. The highest BCUT2D eigenvalue weighted by molar-refractivity contribution is 5.88. The fourth-order valence-electron chi connectivity index (χ4n) is 1.92. The molecule has 0 aromatic carbocycles. The van der Waals surface area contributed by atoms with Crippen LogP contribution in [0, 0.1) is 5.92 Å². The smallest absolute Gasteiger partial charge is 0.242 e. The lowest BCUT2D eigenvalue weighted by atomic mass is 10.0. The van der Waals surface area contributed by atoms with Crippen LogP contribution in [0.3, 0.4) is 0 Å². The van der Waals surface area contributed by atoms with Crippen LogP contribution in [0.2, 0.25) is 0 Å². The van der Waals surface area contributed by atoms with Crippen molar-refractivity contribution in [2.24, 2.45) is 11.7 Å². The van der Waals surface area contributed by atoms with Gasteiger partial charge in [0.25, 0.3) is 0 Å². The lowest BCUT2D eigenvalue weighted by Crippen LogP contribution is -2.48. The van der Waals surface area contributed by atoms with Gasteiger partial charge < -0.3 is 16.4 Å². The number of nitrogens with one attached hydrogen (secondary N) is 2. The third kappa shape index (κ3) is 2.92. The van der Waals surface area contributed by atoms with Crippen LogP contribution in [0.5, 0.6) is 0 Å². The number of hydrogen-bond acceptors (Lipinski definition) is 3. The molecule has 1 rings (SSSR count). The largest absolute Gasteiger partial charge is 0.357 e. The Labute approximate surface area is 89.8 Å². The summed E-state index contributed by atoms with van der Waals surface area (Å²) in [4.78, 5) is 22.9. The molecule has 15 heavy (non-hydrogen) atoms. The molecule has 0 saturated heterocycles. The van der Waals surface area contributed by atoms with Gasteiger partial charge in [-0.3, -0.25) is 9.59 Å². The minimum absolute atomic E-state index is 0.0538. The van der Waals surface area contributed by atoms with Crippen molar-refractivity contribution in [1.29, 1.82) is 0 Å². The molecule has 3 unspecified atom stereocenters. The third-order valence-electron chi connectivity index (χ3n) is 2.90. The number of carbonyl (C=O) groups is 2. The van der Waals surface area contributed by atoms with E-state index in [0.29, 0.717) is 0 Å². The monoisotopic (exact) mass is 213 g/mol. The Balaban J connectivity index is 2.44. The molecule has 0 aromatic rings. The van der Waals surface area contributed by atoms with Crippen LogP contribution < -0.4 is 16.4 Å². The number of likely N-dealkylation sites (N-methyl/N-ethyl adjacent to an activating group) is 1. The van der Waals surface area contributed by atoms with Gasteiger partial charge in [-0.25, -0.2) is 0 Å². The van der Waals surface area contributed by atoms with Crippen LogP contribution in [0.25, 0.3) is 0 Å². The maximum absolute atomic E-state index is 11.7. The molecule has 5 heteroatoms. The lowest BCUT2D eigenvalue weighted by Gasteiger charge is -2.18. The van der Waals surface area contributed by atoms with Gasteiger partial charge in [0.2, 0.25) is 11.8 Å². The molecular formula is C10H19N3O2. The Kier molecular flexibility index (Phi) is 4.08. The molecule has 0 aromatic heterocycles. The first-order valence-corrected chi connectivity index (χ1v) is 5.33. The number of amides is 2. The van der Waals surface area contributed by atoms with Crippen molar-refractivity contribution in [1.82, 2.24) is 10.6 Å². The molecule has 4 N–H and O–H groups in total. The molecule has 1 aliphatic carbocycles. The molecule has 1 fully saturated rings. The lowest BCUT2D eigenvalue weighted by molar-refractivity contribution is -0.130. The molecule has 86 valence electrons. The predicted octanol–water partition coefficient (Wildman–Crippen LogP) is -0.635. The molecule has 3 atom stereocenters. The zero-order valence-corrected chi connectivity index (χ0v) is 9.25. The van der Waals surface area contributed by atoms with Crippen molar-refractivity contribution in [2.45, 2.75) is 38.3 Å². The highest BCUT2D eigenvalue weighted by Crippen LogP contribution is 2.23. The SMILES string of the molecule is CNC(=O)C(C)NC(=O)C1CCCC1N. The summed E-state index contributed by atoms with van der Waals surface area (Å²) in [7, 11) is 1.55. The van der Waals surface area contributed by atoms with Gasteiger partial charge in [0.1, 0.15) is 6.04 Å². The molecule has 1 aliphatic rings. The Morgan fingerprint density at radius 3 is 2.53 bits per heavy atom. The maximum atomic E-state index is 11.7. The number of carbonyl (C=O) groups excluding carboxylic acids is 2. The second-order valence-electron chi connectivity index (χ2n) is 4.05. The molecule has 0 spiro atoms. The molecule has 0 radical (unpaired) electrons. The van der Waals surface area contributed by atoms with Gasteiger partial charge in [-0.05, 0) is 19.8 Å². The predicted molar refractivity (Wildman–Crippen MR) is 57.0 cm³/mol. The highest BCUT2D eigenvalue weighted by Gasteiger charge is 2.31. The summed E-state index contributed by atoms with van der Waals surface area (Å²) < 4.78 is 0. The fraction of sp³-hybridized carbons (Fsp3) is 0.800. The van der Waals surface area contributed by atoms with Crippen LogP contribution in [0.15, 0.2) is 0 Å². The summed E-state index contributed by atoms with van der Waals surface area (Å²) in [6.45, 7) is 1.66. The zero-order chi connectivity index (χ0) is 11.4. The number of hydrogen-bond donors (Lipinski definition) is 3. The van der Waals surface area contributed by atoms with E-state index in [2.05, 4.69) is 10.6 Å². The summed E-state index contributed by atoms with van der Waals surface area (Å²) in [5.41, 5.74) is 5.80. The Bertz CT molecular complexity index is 255. The summed E-state index contributed by atoms with van der Waals surface area (Å²) in [6, 6.07) is -0.544. The van der Waals surface area contributed by atoms with Crippen molar-refractivity contribution in [3.8, 4) is 0 Å². The number of rotatable bonds is 3. The van der Waals surface area contributed by atoms with Gasteiger partial charge in [0.15, 0.2) is 0 Å². The molecule has 5 nitrogen and oxygen atoms in total. The molecule has 0 bridgehead atoms. The maximum Gasteiger partial charge on any atom is 0.242 e. The minimum Gasteiger partial charge on any atom is -0.357 e. The van der Waals surface area contributed by atoms with Crippen molar-refractivity contribution in [3.63, 3.8) is 0 Å². The van der Waals surface area contributed by atoms with E-state index in [4.69, 9.17) is 5.73 Å². The quantitative estimate of drug-likeness (QED) is 0.583. The topological polar surface area (TPSA) is 84.2 Å². The first-order chi connectivity index (χ1) is 7.06. The Hall–Kier alpha value is -1.10. The minimum atomic E-state index is -0.490. The van der Waals surface area contributed by atoms with Gasteiger partial charge in [-0.15, -0.1) is 0 Å². The van der Waals surface area contributed by atoms with E-state index in [9.17, 15) is 9.59 Å². The Morgan fingerprint density at radius 2 is 2.07 bits per heavy atom. The summed E-state index contributed by atoms with van der Waals surface area (Å²) in [5.74, 6) is -0.414. The van der Waals surface area contributed by atoms with Gasteiger partial charge >= 0.3 is 0 Å². The van der Waals surface area contributed by atoms with Crippen molar-refractivity contribution in [2.75, 3.05) is 7.05 Å². The van der Waals surface area contributed by atoms with Gasteiger partial charge in [-0.2, -0.15) is 0 Å². The first kappa shape index (κ1) is 12.0. The van der Waals surface area contributed by atoms with Gasteiger partial charge in [-0.1, -0.05) is 6.42 Å². The van der Waals surface area contributed by atoms with E-state index in [1.807, 2.05) is 0 Å². The van der Waals surface area contributed by atoms with Crippen LogP contribution in [-0.4, -0.2) is 30.9 Å². The van der Waals surface area contributed by atoms with E-state index >= 15 is 0 Å². The second-order valence-corrected chi connectivity index (χ2v) is 4.05. The van der Waals surface area contributed by atoms with E-state index in [0.717, 1.165) is 19.3 Å². The highest BCUT2D eigenvalue weighted by atomic mass is 16.2. The number of nitrogens with two attached hydrogens (primary N) is 1. The normalized spacial score (nSPS) is 27.1. The summed E-state index contributed by atoms with van der Waals surface area (Å²) in [6.07, 6.45) is 2.72. The first-order valence-electron chi connectivity index (χ1n) is 5.33. The average Bonchev–Trinajstić information content (AvgIpc) is 2.63. The summed E-state index contributed by atoms with van der Waals surface area (Å²) in [5, 5.41) is 5.16. The fourth-order valence-corrected chi connectivity index (χ4v) is 1.92. The van der Waals surface area contributed by atoms with E-state index in [-0.39, 0.29) is 23.8 Å². The second kappa shape index (κ2) is 5.11. The van der Waals surface area contributed by atoms with Crippen LogP contribution in [-0.2, 0) is 9.59 Å². The summed E-state index contributed by atoms with van der Waals surface area (Å²) >= 11 is 0. The average molecular weight is 213 g/mol. The molecule has 0 aliphatic heterocycles. The van der Waals surface area contributed by atoms with Crippen molar-refractivity contribution in [3.05, 3.63) is 0 Å². The molecule has 1 saturated carbocycles. The third-order valence-corrected chi connectivity index (χ3v) is 2.90. The van der Waals surface area contributed by atoms with Gasteiger partial charge in [0, 0.05) is 13.1 Å². The van der Waals surface area contributed by atoms with Gasteiger partial charge in [0.05, 0.1) is 5.92 Å². The molecule has 2 amide bonds. The zero-order valence-electron chi connectivity index (χ0n) is 9.25. The molecule has 0 heterocycles. The van der Waals surface area contributed by atoms with E-state index in [1.54, 1.807) is 14.0 Å². The van der Waals surface area contributed by atoms with Crippen molar-refractivity contribution >= 4 is 11.8 Å². The van der Waals surface area contributed by atoms with Crippen LogP contribution in [0.1, 0.15) is 26.2 Å². The van der Waals surface area contributed by atoms with E-state index in [1.165, 1.54) is 0 Å². The standard InChI is InChI=1S/C10H19N3O2/c1-6(9(14)12-2)13-10(15)7-4-3-5-8(7)11/h6-8H,3-5,11H2,1-2H3,(H,12,14)(H,13,15).